The zero-order chi connectivity index (χ0) is 16.2. The average molecular weight is 332 g/mol. The summed E-state index contributed by atoms with van der Waals surface area (Å²) in [5.41, 5.74) is 2.29. The molecule has 0 aromatic carbocycles. The van der Waals surface area contributed by atoms with Crippen molar-refractivity contribution in [2.45, 2.75) is 38.6 Å². The lowest BCUT2D eigenvalue weighted by molar-refractivity contribution is 0.304. The van der Waals surface area contributed by atoms with Crippen molar-refractivity contribution in [1.82, 2.24) is 9.97 Å². The molecule has 0 radical (unpaired) electrons. The summed E-state index contributed by atoms with van der Waals surface area (Å²) in [4.78, 5) is 12.7. The summed E-state index contributed by atoms with van der Waals surface area (Å²) in [7, 11) is 1.96. The van der Waals surface area contributed by atoms with Gasteiger partial charge in [-0.25, -0.2) is 9.97 Å². The molecule has 2 heterocycles. The topological polar surface area (TPSA) is 61.3 Å². The predicted molar refractivity (Wildman–Crippen MR) is 95.4 cm³/mol. The van der Waals surface area contributed by atoms with Gasteiger partial charge in [0.25, 0.3) is 0 Å². The van der Waals surface area contributed by atoms with Gasteiger partial charge in [-0.15, -0.1) is 11.3 Å². The van der Waals surface area contributed by atoms with Crippen LogP contribution in [0.1, 0.15) is 41.4 Å². The molecule has 2 aromatic heterocycles. The van der Waals surface area contributed by atoms with Crippen LogP contribution in [-0.4, -0.2) is 35.3 Å². The Hall–Kier alpha value is -1.66. The summed E-state index contributed by atoms with van der Waals surface area (Å²) in [6, 6.07) is 4.38. The smallest absolute Gasteiger partial charge is 0.126 e. The van der Waals surface area contributed by atoms with E-state index in [1.54, 1.807) is 0 Å². The standard InChI is InChI=1S/C17H24N4OS/c1-3-16-20-14-6-4-5-13(17(14)23-16)19-15-8-7-12(11-18-15)21(2)9-10-22/h7-8,11,13,22H,3-6,9-10H2,1-2H3,(H,18,19). The fraction of sp³-hybridized carbons (Fsp3) is 0.529. The fourth-order valence-corrected chi connectivity index (χ4v) is 4.05. The van der Waals surface area contributed by atoms with Gasteiger partial charge in [0.1, 0.15) is 5.82 Å². The van der Waals surface area contributed by atoms with Crippen molar-refractivity contribution < 1.29 is 5.11 Å². The van der Waals surface area contributed by atoms with Crippen LogP contribution >= 0.6 is 11.3 Å². The number of aromatic nitrogens is 2. The summed E-state index contributed by atoms with van der Waals surface area (Å²) < 4.78 is 0. The van der Waals surface area contributed by atoms with Gasteiger partial charge in [-0.3, -0.25) is 0 Å². The van der Waals surface area contributed by atoms with Crippen molar-refractivity contribution in [2.24, 2.45) is 0 Å². The first-order valence-electron chi connectivity index (χ1n) is 8.24. The van der Waals surface area contributed by atoms with Crippen LogP contribution in [0.15, 0.2) is 18.3 Å². The van der Waals surface area contributed by atoms with Crippen LogP contribution in [0.25, 0.3) is 0 Å². The minimum Gasteiger partial charge on any atom is -0.395 e. The Kier molecular flexibility index (Phi) is 5.13. The maximum Gasteiger partial charge on any atom is 0.126 e. The highest BCUT2D eigenvalue weighted by molar-refractivity contribution is 7.11. The number of hydrogen-bond donors (Lipinski definition) is 2. The van der Waals surface area contributed by atoms with Gasteiger partial charge in [0.2, 0.25) is 0 Å². The van der Waals surface area contributed by atoms with E-state index in [2.05, 4.69) is 17.2 Å². The number of nitrogens with zero attached hydrogens (tertiary/aromatic N) is 3. The number of aryl methyl sites for hydroxylation is 2. The molecule has 6 heteroatoms. The molecule has 0 saturated heterocycles. The Morgan fingerprint density at radius 3 is 3.00 bits per heavy atom. The zero-order valence-electron chi connectivity index (χ0n) is 13.7. The van der Waals surface area contributed by atoms with Gasteiger partial charge in [0.05, 0.1) is 40.1 Å². The van der Waals surface area contributed by atoms with Crippen molar-refractivity contribution in [3.05, 3.63) is 33.9 Å². The van der Waals surface area contributed by atoms with Crippen LogP contribution in [0.4, 0.5) is 11.5 Å². The SMILES string of the molecule is CCc1nc2c(s1)C(Nc1ccc(N(C)CCO)cn1)CCC2. The molecule has 2 aromatic rings. The molecule has 0 amide bonds. The Balaban J connectivity index is 1.72. The van der Waals surface area contributed by atoms with Crippen LogP contribution in [-0.2, 0) is 12.8 Å². The van der Waals surface area contributed by atoms with Crippen LogP contribution in [0, 0.1) is 0 Å². The Morgan fingerprint density at radius 2 is 2.30 bits per heavy atom. The number of hydrogen-bond acceptors (Lipinski definition) is 6. The summed E-state index contributed by atoms with van der Waals surface area (Å²) in [6.45, 7) is 2.92. The molecule has 5 nitrogen and oxygen atoms in total. The third-order valence-electron chi connectivity index (χ3n) is 4.24. The summed E-state index contributed by atoms with van der Waals surface area (Å²) in [5.74, 6) is 0.899. The van der Waals surface area contributed by atoms with Gasteiger partial charge >= 0.3 is 0 Å². The number of aliphatic hydroxyl groups excluding tert-OH is 1. The Labute approximate surface area is 141 Å². The normalized spacial score (nSPS) is 16.9. The molecule has 2 N–H and O–H groups in total. The van der Waals surface area contributed by atoms with E-state index in [9.17, 15) is 0 Å². The highest BCUT2D eigenvalue weighted by Gasteiger charge is 2.24. The molecule has 0 bridgehead atoms. The van der Waals surface area contributed by atoms with Crippen LogP contribution in [0.3, 0.4) is 0 Å². The second kappa shape index (κ2) is 7.27. The molecule has 1 aliphatic rings. The first kappa shape index (κ1) is 16.2. The van der Waals surface area contributed by atoms with Crippen molar-refractivity contribution in [2.75, 3.05) is 30.4 Å². The summed E-state index contributed by atoms with van der Waals surface area (Å²) >= 11 is 1.84. The molecule has 23 heavy (non-hydrogen) atoms. The maximum absolute atomic E-state index is 9.01. The largest absolute Gasteiger partial charge is 0.395 e. The fourth-order valence-electron chi connectivity index (χ4n) is 2.91. The van der Waals surface area contributed by atoms with Crippen LogP contribution in [0.5, 0.6) is 0 Å². The van der Waals surface area contributed by atoms with Crippen molar-refractivity contribution in [1.29, 1.82) is 0 Å². The number of fused-ring (bicyclic) bond motifs is 1. The second-order valence-electron chi connectivity index (χ2n) is 5.91. The molecule has 1 unspecified atom stereocenters. The molecule has 0 aliphatic heterocycles. The summed E-state index contributed by atoms with van der Waals surface area (Å²) in [5, 5.41) is 13.8. The van der Waals surface area contributed by atoms with Gasteiger partial charge in [-0.05, 0) is 37.8 Å². The maximum atomic E-state index is 9.01. The molecule has 0 spiro atoms. The molecular formula is C17H24N4OS. The highest BCUT2D eigenvalue weighted by Crippen LogP contribution is 2.36. The lowest BCUT2D eigenvalue weighted by Crippen LogP contribution is -2.21. The van der Waals surface area contributed by atoms with E-state index in [-0.39, 0.29) is 6.61 Å². The number of rotatable bonds is 6. The summed E-state index contributed by atoms with van der Waals surface area (Å²) in [6.07, 6.45) is 6.27. The monoisotopic (exact) mass is 332 g/mol. The minimum atomic E-state index is 0.145. The highest BCUT2D eigenvalue weighted by atomic mass is 32.1. The van der Waals surface area contributed by atoms with Gasteiger partial charge in [-0.1, -0.05) is 6.92 Å². The van der Waals surface area contributed by atoms with Crippen molar-refractivity contribution in [3.8, 4) is 0 Å². The first-order chi connectivity index (χ1) is 11.2. The number of nitrogens with one attached hydrogen (secondary N) is 1. The third-order valence-corrected chi connectivity index (χ3v) is 5.60. The third kappa shape index (κ3) is 3.64. The van der Waals surface area contributed by atoms with E-state index in [4.69, 9.17) is 10.1 Å². The van der Waals surface area contributed by atoms with E-state index in [0.29, 0.717) is 12.6 Å². The number of aliphatic hydroxyl groups is 1. The number of anilines is 2. The Morgan fingerprint density at radius 1 is 1.43 bits per heavy atom. The molecule has 124 valence electrons. The molecule has 0 saturated carbocycles. The van der Waals surface area contributed by atoms with E-state index in [0.717, 1.165) is 30.8 Å². The van der Waals surface area contributed by atoms with Gasteiger partial charge in [-0.2, -0.15) is 0 Å². The molecule has 1 aliphatic carbocycles. The average Bonchev–Trinajstić information content (AvgIpc) is 3.00. The predicted octanol–water partition coefficient (Wildman–Crippen LogP) is 3.02. The van der Waals surface area contributed by atoms with E-state index >= 15 is 0 Å². The zero-order valence-corrected chi connectivity index (χ0v) is 14.6. The van der Waals surface area contributed by atoms with Crippen LogP contribution < -0.4 is 10.2 Å². The molecule has 1 atom stereocenters. The number of pyridine rings is 1. The molecule has 3 rings (SSSR count). The molecule has 0 fully saturated rings. The van der Waals surface area contributed by atoms with E-state index < -0.39 is 0 Å². The van der Waals surface area contributed by atoms with E-state index in [1.807, 2.05) is 41.6 Å². The number of likely N-dealkylation sites (N-methyl/N-ethyl adjacent to an activating group) is 1. The van der Waals surface area contributed by atoms with Crippen molar-refractivity contribution >= 4 is 22.8 Å². The van der Waals surface area contributed by atoms with Gasteiger partial charge < -0.3 is 15.3 Å². The quantitative estimate of drug-likeness (QED) is 0.851. The lowest BCUT2D eigenvalue weighted by Gasteiger charge is -2.23. The van der Waals surface area contributed by atoms with E-state index in [1.165, 1.54) is 22.0 Å². The van der Waals surface area contributed by atoms with Gasteiger partial charge in [0.15, 0.2) is 0 Å². The lowest BCUT2D eigenvalue weighted by atomic mass is 9.98. The first-order valence-corrected chi connectivity index (χ1v) is 9.06. The Bertz CT molecular complexity index is 641. The van der Waals surface area contributed by atoms with Crippen LogP contribution in [0.2, 0.25) is 0 Å². The second-order valence-corrected chi connectivity index (χ2v) is 7.02. The van der Waals surface area contributed by atoms with Crippen molar-refractivity contribution in [3.63, 3.8) is 0 Å². The molecular weight excluding hydrogens is 308 g/mol. The van der Waals surface area contributed by atoms with Gasteiger partial charge in [0, 0.05) is 13.6 Å². The number of thiazole rings is 1. The minimum absolute atomic E-state index is 0.145.